The van der Waals surface area contributed by atoms with Crippen molar-refractivity contribution in [3.8, 4) is 0 Å². The predicted octanol–water partition coefficient (Wildman–Crippen LogP) is 8.32. The largest absolute Gasteiger partial charge is 0.478 e. The van der Waals surface area contributed by atoms with Gasteiger partial charge in [-0.15, -0.1) is 0 Å². The lowest BCUT2D eigenvalue weighted by Gasteiger charge is -2.04. The van der Waals surface area contributed by atoms with Crippen LogP contribution >= 0.6 is 0 Å². The van der Waals surface area contributed by atoms with E-state index in [0.29, 0.717) is 18.6 Å². The first-order valence-corrected chi connectivity index (χ1v) is 12.8. The normalized spacial score (nSPS) is 10.1. The molecular weight excluding hydrogens is 424 g/mol. The van der Waals surface area contributed by atoms with Crippen LogP contribution in [-0.2, 0) is 20.7 Å². The number of aliphatic carboxylic acids is 1. The van der Waals surface area contributed by atoms with Crippen molar-refractivity contribution in [3.63, 3.8) is 0 Å². The van der Waals surface area contributed by atoms with Gasteiger partial charge in [-0.1, -0.05) is 128 Å². The average molecular weight is 471 g/mol. The topological polar surface area (TPSA) is 63.6 Å². The van der Waals surface area contributed by atoms with E-state index in [2.05, 4.69) is 26.7 Å². The van der Waals surface area contributed by atoms with Gasteiger partial charge in [0.2, 0.25) is 0 Å². The van der Waals surface area contributed by atoms with Crippen LogP contribution < -0.4 is 0 Å². The summed E-state index contributed by atoms with van der Waals surface area (Å²) in [6.07, 6.45) is 17.9. The summed E-state index contributed by atoms with van der Waals surface area (Å²) in [5.41, 5.74) is 2.58. The lowest BCUT2D eigenvalue weighted by atomic mass is 10.0. The molecule has 4 heteroatoms. The fourth-order valence-electron chi connectivity index (χ4n) is 3.43. The van der Waals surface area contributed by atoms with Crippen molar-refractivity contribution in [2.75, 3.05) is 6.61 Å². The molecule has 0 saturated heterocycles. The van der Waals surface area contributed by atoms with Gasteiger partial charge in [-0.25, -0.2) is 9.59 Å². The number of hydrogen-bond donors (Lipinski definition) is 1. The summed E-state index contributed by atoms with van der Waals surface area (Å²) in [5, 5.41) is 8.68. The van der Waals surface area contributed by atoms with Crippen molar-refractivity contribution in [1.82, 2.24) is 0 Å². The maximum Gasteiger partial charge on any atom is 0.333 e. The molecule has 0 aliphatic rings. The minimum atomic E-state index is -0.955. The molecule has 1 rings (SSSR count). The Morgan fingerprint density at radius 1 is 0.882 bits per heavy atom. The van der Waals surface area contributed by atoms with Crippen LogP contribution in [0.15, 0.2) is 55.1 Å². The molecule has 0 atom stereocenters. The Hall–Kier alpha value is -2.62. The van der Waals surface area contributed by atoms with Crippen LogP contribution in [0.5, 0.6) is 0 Å². The Kier molecular flexibility index (Phi) is 19.3. The molecule has 0 amide bonds. The first-order chi connectivity index (χ1) is 16.3. The van der Waals surface area contributed by atoms with Gasteiger partial charge in [-0.05, 0) is 24.5 Å². The number of benzene rings is 1. The van der Waals surface area contributed by atoms with Gasteiger partial charge in [-0.2, -0.15) is 0 Å². The van der Waals surface area contributed by atoms with Gasteiger partial charge in [0.25, 0.3) is 0 Å². The Bertz CT molecular complexity index is 748. The highest BCUT2D eigenvalue weighted by Crippen LogP contribution is 2.14. The number of hydrogen-bond acceptors (Lipinski definition) is 3. The van der Waals surface area contributed by atoms with Crippen molar-refractivity contribution < 1.29 is 19.4 Å². The van der Waals surface area contributed by atoms with Crippen molar-refractivity contribution >= 4 is 18.0 Å². The molecule has 0 aliphatic carbocycles. The van der Waals surface area contributed by atoms with Gasteiger partial charge in [0.05, 0.1) is 6.61 Å². The van der Waals surface area contributed by atoms with Crippen LogP contribution in [0.4, 0.5) is 0 Å². The number of carboxylic acids is 1. The minimum Gasteiger partial charge on any atom is -0.478 e. The number of ether oxygens (including phenoxy) is 1. The Labute approximate surface area is 207 Å². The summed E-state index contributed by atoms with van der Waals surface area (Å²) in [7, 11) is 0. The second-order valence-corrected chi connectivity index (χ2v) is 8.79. The molecule has 0 bridgehead atoms. The highest BCUT2D eigenvalue weighted by Gasteiger charge is 2.06. The zero-order chi connectivity index (χ0) is 25.6. The highest BCUT2D eigenvalue weighted by molar-refractivity contribution is 5.87. The molecule has 4 nitrogen and oxygen atoms in total. The van der Waals surface area contributed by atoms with E-state index < -0.39 is 5.97 Å². The Morgan fingerprint density at radius 3 is 1.85 bits per heavy atom. The Morgan fingerprint density at radius 2 is 1.38 bits per heavy atom. The van der Waals surface area contributed by atoms with Gasteiger partial charge >= 0.3 is 11.9 Å². The van der Waals surface area contributed by atoms with E-state index in [9.17, 15) is 9.59 Å². The Balaban J connectivity index is 0.000000679. The molecule has 0 spiro atoms. The molecule has 34 heavy (non-hydrogen) atoms. The number of carbonyl (C=O) groups excluding carboxylic acids is 1. The second-order valence-electron chi connectivity index (χ2n) is 8.79. The summed E-state index contributed by atoms with van der Waals surface area (Å²) in [5.74, 6) is -1.21. The smallest absolute Gasteiger partial charge is 0.333 e. The van der Waals surface area contributed by atoms with Crippen molar-refractivity contribution in [2.45, 2.75) is 97.3 Å². The van der Waals surface area contributed by atoms with E-state index in [1.54, 1.807) is 13.0 Å². The van der Waals surface area contributed by atoms with E-state index in [4.69, 9.17) is 9.84 Å². The van der Waals surface area contributed by atoms with E-state index in [1.807, 2.05) is 24.3 Å². The number of carbonyl (C=O) groups is 2. The standard InChI is InChI=1S/C18H34O2.C12H12O2/c1-4-5-6-7-8-9-10-11-12-13-14-15-16-20-18(19)17(2)3;1-3-10-6-4-5-7-11(10)8-9(2)12(13)14/h2,4-16H2,1,3H3;3-7H,1-2,8H2,(H,13,14). The molecule has 0 aromatic heterocycles. The number of rotatable bonds is 18. The molecule has 190 valence electrons. The van der Waals surface area contributed by atoms with Crippen molar-refractivity contribution in [2.24, 2.45) is 0 Å². The van der Waals surface area contributed by atoms with Crippen LogP contribution in [0.1, 0.15) is 102 Å². The first-order valence-electron chi connectivity index (χ1n) is 12.8. The zero-order valence-corrected chi connectivity index (χ0v) is 21.6. The highest BCUT2D eigenvalue weighted by atomic mass is 16.5. The fraction of sp³-hybridized carbons (Fsp3) is 0.533. The number of esters is 1. The van der Waals surface area contributed by atoms with Crippen molar-refractivity contribution in [1.29, 1.82) is 0 Å². The third kappa shape index (κ3) is 16.9. The van der Waals surface area contributed by atoms with Crippen LogP contribution in [0.25, 0.3) is 6.08 Å². The van der Waals surface area contributed by atoms with E-state index >= 15 is 0 Å². The van der Waals surface area contributed by atoms with Gasteiger partial charge < -0.3 is 9.84 Å². The van der Waals surface area contributed by atoms with Crippen LogP contribution in [0, 0.1) is 0 Å². The molecule has 0 saturated carbocycles. The summed E-state index contributed by atoms with van der Waals surface area (Å²) >= 11 is 0. The zero-order valence-electron chi connectivity index (χ0n) is 21.6. The molecular formula is C30H46O4. The molecule has 0 radical (unpaired) electrons. The number of unbranched alkanes of at least 4 members (excludes halogenated alkanes) is 11. The fourth-order valence-corrected chi connectivity index (χ4v) is 3.43. The third-order valence-corrected chi connectivity index (χ3v) is 5.56. The van der Waals surface area contributed by atoms with E-state index in [-0.39, 0.29) is 11.5 Å². The average Bonchev–Trinajstić information content (AvgIpc) is 2.82. The second kappa shape index (κ2) is 20.9. The molecule has 1 aromatic rings. The van der Waals surface area contributed by atoms with Crippen molar-refractivity contribution in [3.05, 3.63) is 66.3 Å². The summed E-state index contributed by atoms with van der Waals surface area (Å²) in [6.45, 7) is 15.2. The predicted molar refractivity (Wildman–Crippen MR) is 144 cm³/mol. The molecule has 0 unspecified atom stereocenters. The van der Waals surface area contributed by atoms with E-state index in [1.165, 1.54) is 70.6 Å². The van der Waals surface area contributed by atoms with Gasteiger partial charge in [0, 0.05) is 17.6 Å². The molecule has 1 N–H and O–H groups in total. The maximum absolute atomic E-state index is 11.1. The monoisotopic (exact) mass is 470 g/mol. The molecule has 0 heterocycles. The molecule has 0 fully saturated rings. The summed E-state index contributed by atoms with van der Waals surface area (Å²) in [6, 6.07) is 7.55. The van der Waals surface area contributed by atoms with Gasteiger partial charge in [-0.3, -0.25) is 0 Å². The lowest BCUT2D eigenvalue weighted by Crippen LogP contribution is -2.05. The van der Waals surface area contributed by atoms with E-state index in [0.717, 1.165) is 17.5 Å². The van der Waals surface area contributed by atoms with Gasteiger partial charge in [0.15, 0.2) is 0 Å². The van der Waals surface area contributed by atoms with Crippen LogP contribution in [0.3, 0.4) is 0 Å². The van der Waals surface area contributed by atoms with Gasteiger partial charge in [0.1, 0.15) is 0 Å². The number of carboxylic acid groups (broad SMARTS) is 1. The summed E-state index contributed by atoms with van der Waals surface area (Å²) < 4.78 is 5.06. The summed E-state index contributed by atoms with van der Waals surface area (Å²) in [4.78, 5) is 21.7. The lowest BCUT2D eigenvalue weighted by molar-refractivity contribution is -0.139. The molecule has 1 aromatic carbocycles. The first kappa shape index (κ1) is 31.4. The van der Waals surface area contributed by atoms with Crippen LogP contribution in [-0.4, -0.2) is 23.7 Å². The third-order valence-electron chi connectivity index (χ3n) is 5.56. The van der Waals surface area contributed by atoms with Crippen LogP contribution in [0.2, 0.25) is 0 Å². The maximum atomic E-state index is 11.1. The minimum absolute atomic E-state index is 0.194. The SMILES string of the molecule is C=C(C)C(=O)OCCCCCCCCCCCCCC.C=Cc1ccccc1CC(=C)C(=O)O. The quantitative estimate of drug-likeness (QED) is 0.133. The molecule has 0 aliphatic heterocycles.